The Morgan fingerprint density at radius 3 is 2.12 bits per heavy atom. The van der Waals surface area contributed by atoms with Gasteiger partial charge in [0.05, 0.1) is 32.3 Å². The molecular weight excluding hydrogens is 444 g/mol. The number of fused-ring (bicyclic) bond motifs is 5. The van der Waals surface area contributed by atoms with Crippen LogP contribution < -0.4 is 14.2 Å². The zero-order valence-electron chi connectivity index (χ0n) is 18.2. The minimum absolute atomic E-state index is 0.147. The molecule has 4 atom stereocenters. The van der Waals surface area contributed by atoms with Gasteiger partial charge in [0.15, 0.2) is 11.5 Å². The minimum atomic E-state index is -0.280. The molecule has 1 heterocycles. The van der Waals surface area contributed by atoms with E-state index in [1.54, 1.807) is 24.3 Å². The molecule has 2 aliphatic carbocycles. The van der Waals surface area contributed by atoms with E-state index in [0.717, 1.165) is 17.0 Å². The number of hydrogen-bond acceptors (Lipinski definition) is 6. The standard InChI is InChI=1S/C25H23ClN2O5/c1-31-19-9-15(10-20(32-2)23(19)33-13-14-3-7-18(26)8-4-14)12-27-28-24(29)21-16-5-6-17(11-16)22(21)25(28)30/h3-10,12,16-17,21-22H,11,13H2,1-2H3/t16-,17-,21-,22+/m0/s1. The van der Waals surface area contributed by atoms with Crippen molar-refractivity contribution in [3.63, 3.8) is 0 Å². The minimum Gasteiger partial charge on any atom is -0.493 e. The van der Waals surface area contributed by atoms with Crippen LogP contribution >= 0.6 is 11.6 Å². The van der Waals surface area contributed by atoms with Crippen LogP contribution in [0.1, 0.15) is 17.5 Å². The average molecular weight is 467 g/mol. The fourth-order valence-electron chi connectivity index (χ4n) is 4.98. The second kappa shape index (κ2) is 8.56. The predicted molar refractivity (Wildman–Crippen MR) is 122 cm³/mol. The summed E-state index contributed by atoms with van der Waals surface area (Å²) in [5.74, 6) is 0.626. The first-order chi connectivity index (χ1) is 16.0. The number of halogens is 1. The molecule has 2 fully saturated rings. The number of ether oxygens (including phenoxy) is 3. The maximum absolute atomic E-state index is 12.8. The van der Waals surface area contributed by atoms with Crippen LogP contribution in [0, 0.1) is 23.7 Å². The lowest BCUT2D eigenvalue weighted by Crippen LogP contribution is -2.28. The van der Waals surface area contributed by atoms with Gasteiger partial charge in [0, 0.05) is 10.6 Å². The maximum Gasteiger partial charge on any atom is 0.254 e. The zero-order chi connectivity index (χ0) is 23.1. The highest BCUT2D eigenvalue weighted by atomic mass is 35.5. The Labute approximate surface area is 196 Å². The molecule has 1 saturated heterocycles. The molecule has 7 nitrogen and oxygen atoms in total. The number of carbonyl (C=O) groups excluding carboxylic acids is 2. The first kappa shape index (κ1) is 21.5. The Kier molecular flexibility index (Phi) is 5.58. The summed E-state index contributed by atoms with van der Waals surface area (Å²) in [6, 6.07) is 10.8. The van der Waals surface area contributed by atoms with Crippen molar-refractivity contribution in [2.24, 2.45) is 28.8 Å². The lowest BCUT2D eigenvalue weighted by atomic mass is 9.85. The molecule has 170 valence electrons. The van der Waals surface area contributed by atoms with Crippen molar-refractivity contribution in [1.29, 1.82) is 0 Å². The van der Waals surface area contributed by atoms with Gasteiger partial charge in [-0.1, -0.05) is 35.9 Å². The van der Waals surface area contributed by atoms with E-state index in [9.17, 15) is 9.59 Å². The number of hydrogen-bond donors (Lipinski definition) is 0. The molecule has 1 aliphatic heterocycles. The quantitative estimate of drug-likeness (QED) is 0.349. The molecule has 1 saturated carbocycles. The number of nitrogens with zero attached hydrogens (tertiary/aromatic N) is 2. The number of imide groups is 1. The number of benzene rings is 2. The number of hydrazone groups is 1. The highest BCUT2D eigenvalue weighted by molar-refractivity contribution is 6.30. The van der Waals surface area contributed by atoms with Crippen molar-refractivity contribution in [3.05, 3.63) is 64.7 Å². The number of amides is 2. The molecule has 0 spiro atoms. The van der Waals surface area contributed by atoms with Crippen molar-refractivity contribution >= 4 is 29.6 Å². The Balaban J connectivity index is 1.36. The summed E-state index contributed by atoms with van der Waals surface area (Å²) in [6.45, 7) is 0.299. The van der Waals surface area contributed by atoms with E-state index in [1.807, 2.05) is 12.1 Å². The molecule has 33 heavy (non-hydrogen) atoms. The monoisotopic (exact) mass is 466 g/mol. The van der Waals surface area contributed by atoms with E-state index >= 15 is 0 Å². The Morgan fingerprint density at radius 2 is 1.58 bits per heavy atom. The largest absolute Gasteiger partial charge is 0.493 e. The second-order valence-corrected chi connectivity index (χ2v) is 8.84. The SMILES string of the molecule is COc1cc(C=NN2C(=O)[C@@H]3[C@H](C2=O)[C@H]2C=C[C@H]3C2)cc(OC)c1OCc1ccc(Cl)cc1. The van der Waals surface area contributed by atoms with Gasteiger partial charge in [-0.05, 0) is 48.1 Å². The third-order valence-electron chi connectivity index (χ3n) is 6.55. The summed E-state index contributed by atoms with van der Waals surface area (Å²) in [6.07, 6.45) is 6.47. The van der Waals surface area contributed by atoms with Crippen LogP contribution in [0.5, 0.6) is 17.2 Å². The lowest BCUT2D eigenvalue weighted by Gasteiger charge is -2.16. The van der Waals surface area contributed by atoms with Crippen LogP contribution in [0.3, 0.4) is 0 Å². The summed E-state index contributed by atoms with van der Waals surface area (Å²) in [7, 11) is 3.06. The van der Waals surface area contributed by atoms with Crippen LogP contribution in [0.2, 0.25) is 5.02 Å². The first-order valence-electron chi connectivity index (χ1n) is 10.7. The van der Waals surface area contributed by atoms with Crippen molar-refractivity contribution in [3.8, 4) is 17.2 Å². The third kappa shape index (κ3) is 3.76. The highest BCUT2D eigenvalue weighted by Crippen LogP contribution is 2.52. The van der Waals surface area contributed by atoms with Crippen LogP contribution in [0.4, 0.5) is 0 Å². The molecular formula is C25H23ClN2O5. The molecule has 0 aromatic heterocycles. The number of allylic oxidation sites excluding steroid dienone is 2. The van der Waals surface area contributed by atoms with Crippen LogP contribution in [0.25, 0.3) is 0 Å². The number of methoxy groups -OCH3 is 2. The smallest absolute Gasteiger partial charge is 0.254 e. The average Bonchev–Trinajstić information content (AvgIpc) is 3.51. The van der Waals surface area contributed by atoms with Gasteiger partial charge in [0.25, 0.3) is 11.8 Å². The third-order valence-corrected chi connectivity index (χ3v) is 6.80. The fourth-order valence-corrected chi connectivity index (χ4v) is 5.10. The van der Waals surface area contributed by atoms with E-state index in [-0.39, 0.29) is 35.5 Å². The van der Waals surface area contributed by atoms with Gasteiger partial charge in [-0.3, -0.25) is 9.59 Å². The molecule has 0 N–H and O–H groups in total. The topological polar surface area (TPSA) is 77.4 Å². The van der Waals surface area contributed by atoms with Crippen molar-refractivity contribution in [2.45, 2.75) is 13.0 Å². The molecule has 5 rings (SSSR count). The zero-order valence-corrected chi connectivity index (χ0v) is 19.0. The second-order valence-electron chi connectivity index (χ2n) is 8.40. The van der Waals surface area contributed by atoms with Crippen molar-refractivity contribution in [1.82, 2.24) is 5.01 Å². The normalized spacial score (nSPS) is 25.2. The van der Waals surface area contributed by atoms with E-state index in [1.165, 1.54) is 20.4 Å². The van der Waals surface area contributed by atoms with Crippen LogP contribution in [-0.2, 0) is 16.2 Å². The van der Waals surface area contributed by atoms with Gasteiger partial charge in [-0.25, -0.2) is 0 Å². The van der Waals surface area contributed by atoms with Crippen molar-refractivity contribution < 1.29 is 23.8 Å². The molecule has 0 radical (unpaired) electrons. The summed E-state index contributed by atoms with van der Waals surface area (Å²) < 4.78 is 17.0. The van der Waals surface area contributed by atoms with E-state index in [4.69, 9.17) is 25.8 Å². The molecule has 2 bridgehead atoms. The van der Waals surface area contributed by atoms with Gasteiger partial charge >= 0.3 is 0 Å². The number of rotatable bonds is 7. The van der Waals surface area contributed by atoms with Crippen LogP contribution in [-0.4, -0.2) is 37.3 Å². The van der Waals surface area contributed by atoms with Gasteiger partial charge in [0.1, 0.15) is 6.61 Å². The molecule has 2 aromatic carbocycles. The molecule has 3 aliphatic rings. The van der Waals surface area contributed by atoms with Crippen molar-refractivity contribution in [2.75, 3.05) is 14.2 Å². The highest BCUT2D eigenvalue weighted by Gasteiger charge is 2.59. The predicted octanol–water partition coefficient (Wildman–Crippen LogP) is 4.08. The molecule has 2 aromatic rings. The molecule has 8 heteroatoms. The van der Waals surface area contributed by atoms with E-state index in [2.05, 4.69) is 17.3 Å². The Hall–Kier alpha value is -3.32. The number of carbonyl (C=O) groups is 2. The lowest BCUT2D eigenvalue weighted by molar-refractivity contribution is -0.140. The molecule has 2 amide bonds. The Bertz CT molecular complexity index is 1100. The summed E-state index contributed by atoms with van der Waals surface area (Å²) in [4.78, 5) is 25.7. The van der Waals surface area contributed by atoms with Crippen LogP contribution in [0.15, 0.2) is 53.7 Å². The van der Waals surface area contributed by atoms with Gasteiger partial charge in [0.2, 0.25) is 5.75 Å². The van der Waals surface area contributed by atoms with Gasteiger partial charge in [-0.2, -0.15) is 10.1 Å². The summed E-state index contributed by atoms with van der Waals surface area (Å²) in [5.41, 5.74) is 1.55. The summed E-state index contributed by atoms with van der Waals surface area (Å²) >= 11 is 5.94. The van der Waals surface area contributed by atoms with E-state index < -0.39 is 0 Å². The summed E-state index contributed by atoms with van der Waals surface area (Å²) in [5, 5.41) is 5.91. The Morgan fingerprint density at radius 1 is 1.00 bits per heavy atom. The fraction of sp³-hybridized carbons (Fsp3) is 0.320. The maximum atomic E-state index is 12.8. The van der Waals surface area contributed by atoms with Gasteiger partial charge < -0.3 is 14.2 Å². The molecule has 0 unspecified atom stereocenters. The van der Waals surface area contributed by atoms with Gasteiger partial charge in [-0.15, -0.1) is 0 Å². The first-order valence-corrected chi connectivity index (χ1v) is 11.1. The van der Waals surface area contributed by atoms with E-state index in [0.29, 0.717) is 34.4 Å².